The fourth-order valence-electron chi connectivity index (χ4n) is 3.13. The van der Waals surface area contributed by atoms with Gasteiger partial charge in [0.1, 0.15) is 0 Å². The Hall–Kier alpha value is -0.790. The number of ketones is 1. The van der Waals surface area contributed by atoms with E-state index < -0.39 is 0 Å². The molecule has 2 nitrogen and oxygen atoms in total. The lowest BCUT2D eigenvalue weighted by molar-refractivity contribution is -0.129. The molecule has 2 unspecified atom stereocenters. The first-order chi connectivity index (χ1) is 6.43. The van der Waals surface area contributed by atoms with Crippen LogP contribution in [0.15, 0.2) is 11.8 Å². The number of fused-ring (bicyclic) bond motifs is 2. The van der Waals surface area contributed by atoms with Gasteiger partial charge in [-0.2, -0.15) is 0 Å². The Labute approximate surface area is 85.8 Å². The van der Waals surface area contributed by atoms with Gasteiger partial charge in [-0.3, -0.25) is 4.79 Å². The Morgan fingerprint density at radius 1 is 1.43 bits per heavy atom. The summed E-state index contributed by atoms with van der Waals surface area (Å²) in [5.74, 6) is 0.843. The molecule has 2 atom stereocenters. The molecule has 0 saturated heterocycles. The van der Waals surface area contributed by atoms with E-state index in [2.05, 4.69) is 26.1 Å². The maximum absolute atomic E-state index is 12.0. The monoisotopic (exact) mass is 193 g/mol. The van der Waals surface area contributed by atoms with Gasteiger partial charge in [0.2, 0.25) is 0 Å². The van der Waals surface area contributed by atoms with Crippen LogP contribution < -0.4 is 5.32 Å². The van der Waals surface area contributed by atoms with Gasteiger partial charge in [0, 0.05) is 30.2 Å². The molecule has 0 aromatic carbocycles. The van der Waals surface area contributed by atoms with Crippen molar-refractivity contribution in [1.29, 1.82) is 0 Å². The largest absolute Gasteiger partial charge is 0.391 e. The van der Waals surface area contributed by atoms with E-state index in [4.69, 9.17) is 0 Å². The Morgan fingerprint density at radius 3 is 2.64 bits per heavy atom. The lowest BCUT2D eigenvalue weighted by atomic mass is 9.60. The topological polar surface area (TPSA) is 29.1 Å². The summed E-state index contributed by atoms with van der Waals surface area (Å²) in [5.41, 5.74) is 1.12. The Kier molecular flexibility index (Phi) is 1.82. The van der Waals surface area contributed by atoms with Crippen molar-refractivity contribution in [2.75, 3.05) is 7.05 Å². The summed E-state index contributed by atoms with van der Waals surface area (Å²) in [4.78, 5) is 12.0. The van der Waals surface area contributed by atoms with Crippen molar-refractivity contribution in [3.63, 3.8) is 0 Å². The van der Waals surface area contributed by atoms with Crippen LogP contribution in [0, 0.1) is 16.7 Å². The molecule has 0 aromatic heterocycles. The zero-order valence-corrected chi connectivity index (χ0v) is 9.48. The zero-order chi connectivity index (χ0) is 10.6. The molecule has 1 saturated carbocycles. The van der Waals surface area contributed by atoms with Gasteiger partial charge in [-0.15, -0.1) is 0 Å². The molecule has 2 rings (SSSR count). The van der Waals surface area contributed by atoms with Crippen LogP contribution in [0.4, 0.5) is 0 Å². The van der Waals surface area contributed by atoms with E-state index in [9.17, 15) is 4.79 Å². The highest BCUT2D eigenvalue weighted by Crippen LogP contribution is 2.60. The van der Waals surface area contributed by atoms with Gasteiger partial charge in [0.25, 0.3) is 0 Å². The molecule has 1 fully saturated rings. The second-order valence-electron chi connectivity index (χ2n) is 5.36. The number of carbonyl (C=O) groups is 1. The Bertz CT molecular complexity index is 316. The fourth-order valence-corrected chi connectivity index (χ4v) is 3.13. The summed E-state index contributed by atoms with van der Waals surface area (Å²) in [5, 5.41) is 3.18. The fraction of sp³-hybridized carbons (Fsp3) is 0.750. The molecule has 2 aliphatic rings. The van der Waals surface area contributed by atoms with Crippen molar-refractivity contribution < 1.29 is 4.79 Å². The summed E-state index contributed by atoms with van der Waals surface area (Å²) < 4.78 is 0. The first kappa shape index (κ1) is 9.75. The normalized spacial score (nSPS) is 39.6. The minimum atomic E-state index is -0.127. The molecule has 1 N–H and O–H groups in total. The summed E-state index contributed by atoms with van der Waals surface area (Å²) in [6.07, 6.45) is 4.00. The number of hydrogen-bond acceptors (Lipinski definition) is 2. The highest BCUT2D eigenvalue weighted by Gasteiger charge is 2.58. The lowest BCUT2D eigenvalue weighted by Crippen LogP contribution is -2.45. The standard InChI is InChI=1S/C12H19NO/c1-11(2)8-5-6-12(11,3)10(14)7-9(8)13-4/h7-8,13H,5-6H2,1-4H3. The highest BCUT2D eigenvalue weighted by atomic mass is 16.1. The minimum Gasteiger partial charge on any atom is -0.391 e. The van der Waals surface area contributed by atoms with E-state index in [1.807, 2.05) is 13.1 Å². The molecular weight excluding hydrogens is 174 g/mol. The van der Waals surface area contributed by atoms with E-state index in [0.29, 0.717) is 11.7 Å². The van der Waals surface area contributed by atoms with Gasteiger partial charge in [-0.05, 0) is 18.3 Å². The van der Waals surface area contributed by atoms with Gasteiger partial charge < -0.3 is 5.32 Å². The van der Waals surface area contributed by atoms with Gasteiger partial charge in [-0.1, -0.05) is 20.8 Å². The molecule has 2 aliphatic carbocycles. The first-order valence-electron chi connectivity index (χ1n) is 5.37. The smallest absolute Gasteiger partial charge is 0.163 e. The van der Waals surface area contributed by atoms with Crippen LogP contribution in [0.1, 0.15) is 33.6 Å². The third-order valence-electron chi connectivity index (χ3n) is 4.72. The van der Waals surface area contributed by atoms with Crippen molar-refractivity contribution >= 4 is 5.78 Å². The molecule has 0 amide bonds. The Balaban J connectivity index is 2.53. The number of carbonyl (C=O) groups excluding carboxylic acids is 1. The maximum Gasteiger partial charge on any atom is 0.163 e. The molecule has 14 heavy (non-hydrogen) atoms. The van der Waals surface area contributed by atoms with Crippen molar-refractivity contribution in [2.45, 2.75) is 33.6 Å². The van der Waals surface area contributed by atoms with Crippen LogP contribution in [-0.2, 0) is 4.79 Å². The van der Waals surface area contributed by atoms with Crippen LogP contribution in [0.25, 0.3) is 0 Å². The van der Waals surface area contributed by atoms with E-state index in [0.717, 1.165) is 18.5 Å². The molecule has 0 spiro atoms. The van der Waals surface area contributed by atoms with Gasteiger partial charge in [-0.25, -0.2) is 0 Å². The molecular formula is C12H19NO. The predicted molar refractivity (Wildman–Crippen MR) is 56.8 cm³/mol. The van der Waals surface area contributed by atoms with Crippen LogP contribution in [-0.4, -0.2) is 12.8 Å². The summed E-state index contributed by atoms with van der Waals surface area (Å²) in [6.45, 7) is 6.58. The third-order valence-corrected chi connectivity index (χ3v) is 4.72. The highest BCUT2D eigenvalue weighted by molar-refractivity contribution is 5.97. The van der Waals surface area contributed by atoms with Crippen LogP contribution in [0.3, 0.4) is 0 Å². The molecule has 0 radical (unpaired) electrons. The van der Waals surface area contributed by atoms with Gasteiger partial charge in [0.15, 0.2) is 5.78 Å². The average molecular weight is 193 g/mol. The molecule has 0 heterocycles. The molecule has 2 heteroatoms. The van der Waals surface area contributed by atoms with Gasteiger partial charge >= 0.3 is 0 Å². The molecule has 0 aliphatic heterocycles. The van der Waals surface area contributed by atoms with E-state index in [1.165, 1.54) is 0 Å². The predicted octanol–water partition coefficient (Wildman–Crippen LogP) is 2.11. The first-order valence-corrected chi connectivity index (χ1v) is 5.37. The number of hydrogen-bond donors (Lipinski definition) is 1. The lowest BCUT2D eigenvalue weighted by Gasteiger charge is -2.44. The van der Waals surface area contributed by atoms with Crippen molar-refractivity contribution in [2.24, 2.45) is 16.7 Å². The van der Waals surface area contributed by atoms with Crippen molar-refractivity contribution in [3.8, 4) is 0 Å². The van der Waals surface area contributed by atoms with Crippen molar-refractivity contribution in [3.05, 3.63) is 11.8 Å². The quantitative estimate of drug-likeness (QED) is 0.691. The Morgan fingerprint density at radius 2 is 2.07 bits per heavy atom. The van der Waals surface area contributed by atoms with Gasteiger partial charge in [0.05, 0.1) is 0 Å². The van der Waals surface area contributed by atoms with Crippen LogP contribution in [0.5, 0.6) is 0 Å². The second kappa shape index (κ2) is 2.62. The molecule has 0 aromatic rings. The average Bonchev–Trinajstić information content (AvgIpc) is 2.29. The van der Waals surface area contributed by atoms with Crippen LogP contribution >= 0.6 is 0 Å². The summed E-state index contributed by atoms with van der Waals surface area (Å²) >= 11 is 0. The second-order valence-corrected chi connectivity index (χ2v) is 5.36. The summed E-state index contributed by atoms with van der Waals surface area (Å²) in [7, 11) is 1.91. The summed E-state index contributed by atoms with van der Waals surface area (Å²) in [6, 6.07) is 0. The maximum atomic E-state index is 12.0. The molecule has 2 bridgehead atoms. The third kappa shape index (κ3) is 0.891. The number of nitrogens with one attached hydrogen (secondary N) is 1. The van der Waals surface area contributed by atoms with E-state index in [-0.39, 0.29) is 10.8 Å². The number of allylic oxidation sites excluding steroid dienone is 2. The molecule has 78 valence electrons. The zero-order valence-electron chi connectivity index (χ0n) is 9.48. The van der Waals surface area contributed by atoms with Crippen molar-refractivity contribution in [1.82, 2.24) is 5.32 Å². The van der Waals surface area contributed by atoms with Crippen LogP contribution in [0.2, 0.25) is 0 Å². The number of rotatable bonds is 1. The van der Waals surface area contributed by atoms with E-state index in [1.54, 1.807) is 0 Å². The minimum absolute atomic E-state index is 0.108. The SMILES string of the molecule is CNC1=CC(=O)C2(C)CCC1C2(C)C. The van der Waals surface area contributed by atoms with E-state index >= 15 is 0 Å².